The number of rotatable bonds is 16. The number of carboxylic acids is 2. The number of fused-ring (bicyclic) bond motifs is 1. The van der Waals surface area contributed by atoms with Crippen LogP contribution in [0.25, 0.3) is 10.9 Å². The van der Waals surface area contributed by atoms with Gasteiger partial charge in [-0.2, -0.15) is 0 Å². The molecule has 1 aromatic carbocycles. The van der Waals surface area contributed by atoms with Crippen molar-refractivity contribution in [3.05, 3.63) is 36.0 Å². The molecule has 0 aliphatic carbocycles. The van der Waals surface area contributed by atoms with Gasteiger partial charge in [-0.15, -0.1) is 0 Å². The van der Waals surface area contributed by atoms with E-state index in [0.29, 0.717) is 0 Å². The van der Waals surface area contributed by atoms with Crippen LogP contribution in [-0.4, -0.2) is 86.6 Å². The van der Waals surface area contributed by atoms with Crippen LogP contribution in [-0.2, 0) is 35.2 Å². The Morgan fingerprint density at radius 1 is 0.846 bits per heavy atom. The lowest BCUT2D eigenvalue weighted by Gasteiger charge is -2.24. The van der Waals surface area contributed by atoms with Gasteiger partial charge in [0.2, 0.25) is 23.6 Å². The van der Waals surface area contributed by atoms with E-state index in [-0.39, 0.29) is 19.3 Å². The molecule has 2 rings (SSSR count). The highest BCUT2D eigenvalue weighted by Crippen LogP contribution is 2.18. The normalized spacial score (nSPS) is 14.0. The Morgan fingerprint density at radius 3 is 1.97 bits per heavy atom. The minimum atomic E-state index is -1.70. The van der Waals surface area contributed by atoms with E-state index in [4.69, 9.17) is 26.8 Å². The first kappa shape index (κ1) is 30.7. The van der Waals surface area contributed by atoms with Gasteiger partial charge in [0.1, 0.15) is 18.1 Å². The van der Waals surface area contributed by atoms with E-state index in [1.807, 2.05) is 29.6 Å². The molecule has 0 bridgehead atoms. The number of hydrogen-bond donors (Lipinski definition) is 9. The molecule has 4 atom stereocenters. The average Bonchev–Trinajstić information content (AvgIpc) is 3.29. The molecule has 0 aliphatic heterocycles. The molecule has 0 radical (unpaired) electrons. The Labute approximate surface area is 222 Å². The Morgan fingerprint density at radius 2 is 1.41 bits per heavy atom. The van der Waals surface area contributed by atoms with Crippen LogP contribution in [0.1, 0.15) is 31.2 Å². The highest BCUT2D eigenvalue weighted by Gasteiger charge is 2.31. The number of carbonyl (C=O) groups is 6. The van der Waals surface area contributed by atoms with E-state index >= 15 is 0 Å². The summed E-state index contributed by atoms with van der Waals surface area (Å²) in [6.45, 7) is -0.952. The summed E-state index contributed by atoms with van der Waals surface area (Å²) < 4.78 is 0. The van der Waals surface area contributed by atoms with E-state index in [1.54, 1.807) is 6.20 Å². The minimum Gasteiger partial charge on any atom is -0.481 e. The van der Waals surface area contributed by atoms with E-state index in [2.05, 4.69) is 15.6 Å². The number of amides is 4. The molecule has 0 saturated heterocycles. The fourth-order valence-electron chi connectivity index (χ4n) is 3.73. The Balaban J connectivity index is 2.15. The van der Waals surface area contributed by atoms with E-state index in [1.165, 1.54) is 0 Å². The van der Waals surface area contributed by atoms with Crippen LogP contribution in [0.3, 0.4) is 0 Å². The maximum atomic E-state index is 13.0. The summed E-state index contributed by atoms with van der Waals surface area (Å²) in [6.07, 6.45) is 0.255. The molecule has 39 heavy (non-hydrogen) atoms. The Kier molecular flexibility index (Phi) is 11.4. The van der Waals surface area contributed by atoms with Crippen LogP contribution in [0.5, 0.6) is 0 Å². The van der Waals surface area contributed by atoms with Crippen molar-refractivity contribution in [2.75, 3.05) is 6.61 Å². The molecule has 0 aliphatic rings. The standard InChI is InChI=1S/C24H32N6O9/c25-14(9-12-10-27-15-4-2-1-3-13(12)15)21(35)28-16(5-7-19(26)32)22(36)29-17(6-8-20(33)34)23(37)30-18(11-31)24(38)39/h1-4,10,14,16-18,27,31H,5-9,11,25H2,(H2,26,32)(H,28,35)(H,29,36)(H,30,37)(H,33,34)(H,38,39). The number of aromatic nitrogens is 1. The van der Waals surface area contributed by atoms with Crippen LogP contribution >= 0.6 is 0 Å². The van der Waals surface area contributed by atoms with Crippen molar-refractivity contribution in [2.24, 2.45) is 11.5 Å². The van der Waals surface area contributed by atoms with E-state index < -0.39 is 79.2 Å². The molecular weight excluding hydrogens is 516 g/mol. The molecule has 212 valence electrons. The highest BCUT2D eigenvalue weighted by atomic mass is 16.4. The summed E-state index contributed by atoms with van der Waals surface area (Å²) in [5.41, 5.74) is 12.9. The number of carboxylic acid groups (broad SMARTS) is 2. The average molecular weight is 549 g/mol. The third kappa shape index (κ3) is 9.39. The maximum absolute atomic E-state index is 13.0. The van der Waals surface area contributed by atoms with Gasteiger partial charge in [0.25, 0.3) is 0 Å². The van der Waals surface area contributed by atoms with Crippen molar-refractivity contribution >= 4 is 46.5 Å². The van der Waals surface area contributed by atoms with Crippen molar-refractivity contribution in [1.29, 1.82) is 0 Å². The summed E-state index contributed by atoms with van der Waals surface area (Å²) in [4.78, 5) is 75.1. The van der Waals surface area contributed by atoms with Crippen LogP contribution < -0.4 is 27.4 Å². The van der Waals surface area contributed by atoms with Crippen LogP contribution in [0.15, 0.2) is 30.5 Å². The number of para-hydroxylation sites is 1. The number of hydrogen-bond acceptors (Lipinski definition) is 8. The first-order valence-corrected chi connectivity index (χ1v) is 12.0. The van der Waals surface area contributed by atoms with Crippen molar-refractivity contribution < 1.29 is 44.1 Å². The number of primary amides is 1. The Hall–Kier alpha value is -4.50. The SMILES string of the molecule is NC(=O)CCC(NC(=O)C(N)Cc1c[nH]c2ccccc12)C(=O)NC(CCC(=O)O)C(=O)NC(CO)C(=O)O. The molecule has 11 N–H and O–H groups in total. The van der Waals surface area contributed by atoms with Gasteiger partial charge >= 0.3 is 11.9 Å². The number of H-pyrrole nitrogens is 1. The summed E-state index contributed by atoms with van der Waals surface area (Å²) in [7, 11) is 0. The fraction of sp³-hybridized carbons (Fsp3) is 0.417. The van der Waals surface area contributed by atoms with Gasteiger partial charge in [-0.05, 0) is 30.9 Å². The zero-order valence-electron chi connectivity index (χ0n) is 20.9. The number of benzene rings is 1. The lowest BCUT2D eigenvalue weighted by molar-refractivity contribution is -0.144. The molecule has 0 spiro atoms. The number of nitrogens with two attached hydrogens (primary N) is 2. The van der Waals surface area contributed by atoms with Crippen molar-refractivity contribution in [1.82, 2.24) is 20.9 Å². The summed E-state index contributed by atoms with van der Waals surface area (Å²) in [6, 6.07) is 1.66. The second-order valence-corrected chi connectivity index (χ2v) is 8.81. The number of aliphatic hydroxyl groups is 1. The molecule has 15 nitrogen and oxygen atoms in total. The van der Waals surface area contributed by atoms with E-state index in [9.17, 15) is 28.8 Å². The molecule has 4 unspecified atom stereocenters. The summed E-state index contributed by atoms with van der Waals surface area (Å²) >= 11 is 0. The predicted octanol–water partition coefficient (Wildman–Crippen LogP) is -2.30. The maximum Gasteiger partial charge on any atom is 0.328 e. The fourth-order valence-corrected chi connectivity index (χ4v) is 3.73. The highest BCUT2D eigenvalue weighted by molar-refractivity contribution is 5.95. The third-order valence-corrected chi connectivity index (χ3v) is 5.84. The number of aliphatic carboxylic acids is 2. The number of aromatic amines is 1. The molecule has 0 saturated carbocycles. The largest absolute Gasteiger partial charge is 0.481 e. The number of carbonyl (C=O) groups excluding carboxylic acids is 4. The zero-order chi connectivity index (χ0) is 29.1. The Bertz CT molecular complexity index is 1210. The quantitative estimate of drug-likeness (QED) is 0.108. The molecule has 0 fully saturated rings. The van der Waals surface area contributed by atoms with Crippen molar-refractivity contribution in [2.45, 2.75) is 56.3 Å². The van der Waals surface area contributed by atoms with E-state index in [0.717, 1.165) is 16.5 Å². The first-order valence-electron chi connectivity index (χ1n) is 12.0. The topological polar surface area (TPSA) is 267 Å². The van der Waals surface area contributed by atoms with Gasteiger partial charge in [0.15, 0.2) is 0 Å². The molecule has 1 heterocycles. The smallest absolute Gasteiger partial charge is 0.328 e. The van der Waals surface area contributed by atoms with Gasteiger partial charge in [-0.1, -0.05) is 18.2 Å². The first-order chi connectivity index (χ1) is 18.4. The monoisotopic (exact) mass is 548 g/mol. The molecule has 1 aromatic heterocycles. The third-order valence-electron chi connectivity index (χ3n) is 5.84. The van der Waals surface area contributed by atoms with Gasteiger partial charge in [0, 0.05) is 29.9 Å². The zero-order valence-corrected chi connectivity index (χ0v) is 20.9. The predicted molar refractivity (Wildman–Crippen MR) is 136 cm³/mol. The van der Waals surface area contributed by atoms with Gasteiger partial charge in [-0.25, -0.2) is 4.79 Å². The molecule has 4 amide bonds. The molecule has 2 aromatic rings. The molecular formula is C24H32N6O9. The van der Waals surface area contributed by atoms with Crippen LogP contribution in [0, 0.1) is 0 Å². The lowest BCUT2D eigenvalue weighted by atomic mass is 10.0. The van der Waals surface area contributed by atoms with Crippen LogP contribution in [0.4, 0.5) is 0 Å². The number of nitrogens with one attached hydrogen (secondary N) is 4. The second kappa shape index (κ2) is 14.4. The summed E-state index contributed by atoms with van der Waals surface area (Å²) in [5, 5.41) is 34.8. The van der Waals surface area contributed by atoms with Crippen LogP contribution in [0.2, 0.25) is 0 Å². The van der Waals surface area contributed by atoms with Gasteiger partial charge < -0.3 is 47.7 Å². The van der Waals surface area contributed by atoms with Crippen molar-refractivity contribution in [3.63, 3.8) is 0 Å². The summed E-state index contributed by atoms with van der Waals surface area (Å²) in [5.74, 6) is -6.36. The molecule has 15 heteroatoms. The van der Waals surface area contributed by atoms with Crippen molar-refractivity contribution in [3.8, 4) is 0 Å². The second-order valence-electron chi connectivity index (χ2n) is 8.81. The number of aliphatic hydroxyl groups excluding tert-OH is 1. The van der Waals surface area contributed by atoms with Gasteiger partial charge in [0.05, 0.1) is 12.6 Å². The minimum absolute atomic E-state index is 0.112. The lowest BCUT2D eigenvalue weighted by Crippen LogP contribution is -2.57. The van der Waals surface area contributed by atoms with Gasteiger partial charge in [-0.3, -0.25) is 24.0 Å².